The van der Waals surface area contributed by atoms with Crippen molar-refractivity contribution in [1.29, 1.82) is 0 Å². The van der Waals surface area contributed by atoms with Crippen molar-refractivity contribution >= 4 is 11.6 Å². The number of alkyl halides is 1. The molecule has 14 heavy (non-hydrogen) atoms. The molecule has 1 N–H and O–H groups in total. The minimum absolute atomic E-state index is 0.442. The molecule has 0 saturated carbocycles. The number of aliphatic hydroxyl groups is 1. The normalized spacial score (nSPS) is 12.9. The number of rotatable bonds is 4. The SMILES string of the molecule is CCCc1ccc(C(F)CO)cc1Cl. The summed E-state index contributed by atoms with van der Waals surface area (Å²) in [6, 6.07) is 5.09. The zero-order chi connectivity index (χ0) is 10.6. The average molecular weight is 217 g/mol. The maximum atomic E-state index is 13.1. The molecule has 78 valence electrons. The van der Waals surface area contributed by atoms with Crippen LogP contribution in [-0.2, 0) is 6.42 Å². The third kappa shape index (κ3) is 2.69. The fourth-order valence-corrected chi connectivity index (χ4v) is 1.62. The highest BCUT2D eigenvalue weighted by Crippen LogP contribution is 2.24. The molecule has 3 heteroatoms. The first-order valence-electron chi connectivity index (χ1n) is 4.72. The Labute approximate surface area is 88.5 Å². The third-order valence-electron chi connectivity index (χ3n) is 2.12. The minimum atomic E-state index is -1.33. The van der Waals surface area contributed by atoms with Crippen LogP contribution in [-0.4, -0.2) is 11.7 Å². The van der Waals surface area contributed by atoms with Gasteiger partial charge in [-0.3, -0.25) is 0 Å². The van der Waals surface area contributed by atoms with Gasteiger partial charge in [-0.25, -0.2) is 4.39 Å². The van der Waals surface area contributed by atoms with Crippen LogP contribution in [0.25, 0.3) is 0 Å². The molecule has 0 saturated heterocycles. The van der Waals surface area contributed by atoms with Crippen LogP contribution in [0.4, 0.5) is 4.39 Å². The molecule has 1 nitrogen and oxygen atoms in total. The second-order valence-electron chi connectivity index (χ2n) is 3.25. The van der Waals surface area contributed by atoms with E-state index in [-0.39, 0.29) is 0 Å². The van der Waals surface area contributed by atoms with E-state index in [1.54, 1.807) is 12.1 Å². The predicted octanol–water partition coefficient (Wildman–Crippen LogP) is 3.30. The number of benzene rings is 1. The monoisotopic (exact) mass is 216 g/mol. The highest BCUT2D eigenvalue weighted by Gasteiger charge is 2.09. The maximum absolute atomic E-state index is 13.1. The fourth-order valence-electron chi connectivity index (χ4n) is 1.34. The van der Waals surface area contributed by atoms with E-state index in [2.05, 4.69) is 6.92 Å². The lowest BCUT2D eigenvalue weighted by molar-refractivity contribution is 0.180. The molecule has 0 radical (unpaired) electrons. The quantitative estimate of drug-likeness (QED) is 0.819. The number of aliphatic hydroxyl groups excluding tert-OH is 1. The van der Waals surface area contributed by atoms with Crippen LogP contribution in [0.15, 0.2) is 18.2 Å². The summed E-state index contributed by atoms with van der Waals surface area (Å²) in [5.74, 6) is 0. The molecule has 0 aliphatic heterocycles. The predicted molar refractivity (Wildman–Crippen MR) is 56.4 cm³/mol. The van der Waals surface area contributed by atoms with Crippen molar-refractivity contribution < 1.29 is 9.50 Å². The summed E-state index contributed by atoms with van der Waals surface area (Å²) in [5.41, 5.74) is 1.47. The Bertz CT molecular complexity index is 301. The van der Waals surface area contributed by atoms with Crippen molar-refractivity contribution in [2.45, 2.75) is 25.9 Å². The first kappa shape index (κ1) is 11.5. The van der Waals surface area contributed by atoms with Crippen LogP contribution >= 0.6 is 11.6 Å². The van der Waals surface area contributed by atoms with E-state index in [0.29, 0.717) is 10.6 Å². The zero-order valence-corrected chi connectivity index (χ0v) is 8.89. The van der Waals surface area contributed by atoms with E-state index in [4.69, 9.17) is 16.7 Å². The summed E-state index contributed by atoms with van der Waals surface area (Å²) < 4.78 is 13.1. The van der Waals surface area contributed by atoms with Crippen LogP contribution < -0.4 is 0 Å². The van der Waals surface area contributed by atoms with Gasteiger partial charge in [0.15, 0.2) is 0 Å². The first-order chi connectivity index (χ1) is 6.69. The lowest BCUT2D eigenvalue weighted by atomic mass is 10.1. The second-order valence-corrected chi connectivity index (χ2v) is 3.66. The van der Waals surface area contributed by atoms with Crippen LogP contribution in [0.5, 0.6) is 0 Å². The molecular formula is C11H14ClFO. The van der Waals surface area contributed by atoms with Gasteiger partial charge in [-0.05, 0) is 23.6 Å². The van der Waals surface area contributed by atoms with Crippen LogP contribution in [0, 0.1) is 0 Å². The van der Waals surface area contributed by atoms with Gasteiger partial charge < -0.3 is 5.11 Å². The Balaban J connectivity index is 2.88. The summed E-state index contributed by atoms with van der Waals surface area (Å²) in [7, 11) is 0. The highest BCUT2D eigenvalue weighted by molar-refractivity contribution is 6.31. The summed E-state index contributed by atoms with van der Waals surface area (Å²) in [6.07, 6.45) is 0.580. The lowest BCUT2D eigenvalue weighted by Gasteiger charge is -2.08. The molecule has 0 bridgehead atoms. The van der Waals surface area contributed by atoms with E-state index >= 15 is 0 Å². The molecule has 0 aliphatic carbocycles. The summed E-state index contributed by atoms with van der Waals surface area (Å²) >= 11 is 5.96. The molecule has 0 aromatic heterocycles. The van der Waals surface area contributed by atoms with E-state index in [1.165, 1.54) is 0 Å². The highest BCUT2D eigenvalue weighted by atomic mass is 35.5. The van der Waals surface area contributed by atoms with Crippen molar-refractivity contribution in [2.75, 3.05) is 6.61 Å². The molecule has 0 amide bonds. The smallest absolute Gasteiger partial charge is 0.148 e. The Morgan fingerprint density at radius 3 is 2.71 bits per heavy atom. The molecule has 0 fully saturated rings. The molecule has 1 aromatic rings. The molecule has 0 spiro atoms. The van der Waals surface area contributed by atoms with Gasteiger partial charge in [-0.15, -0.1) is 0 Å². The fraction of sp³-hybridized carbons (Fsp3) is 0.455. The van der Waals surface area contributed by atoms with Crippen molar-refractivity contribution in [3.8, 4) is 0 Å². The molecular weight excluding hydrogens is 203 g/mol. The summed E-state index contributed by atoms with van der Waals surface area (Å²) in [5, 5.41) is 9.22. The number of hydrogen-bond donors (Lipinski definition) is 1. The zero-order valence-electron chi connectivity index (χ0n) is 8.13. The largest absolute Gasteiger partial charge is 0.393 e. The number of halogens is 2. The summed E-state index contributed by atoms with van der Waals surface area (Å²) in [4.78, 5) is 0. The van der Waals surface area contributed by atoms with E-state index in [1.807, 2.05) is 6.07 Å². The van der Waals surface area contributed by atoms with Crippen molar-refractivity contribution in [1.82, 2.24) is 0 Å². The molecule has 1 unspecified atom stereocenters. The van der Waals surface area contributed by atoms with Crippen LogP contribution in [0.3, 0.4) is 0 Å². The Kier molecular flexibility index (Phi) is 4.36. The first-order valence-corrected chi connectivity index (χ1v) is 5.10. The van der Waals surface area contributed by atoms with Gasteiger partial charge in [0, 0.05) is 5.02 Å². The van der Waals surface area contributed by atoms with E-state index in [9.17, 15) is 4.39 Å². The van der Waals surface area contributed by atoms with Crippen molar-refractivity contribution in [3.05, 3.63) is 34.3 Å². The topological polar surface area (TPSA) is 20.2 Å². The van der Waals surface area contributed by atoms with Gasteiger partial charge in [0.05, 0.1) is 6.61 Å². The van der Waals surface area contributed by atoms with Gasteiger partial charge in [0.1, 0.15) is 6.17 Å². The maximum Gasteiger partial charge on any atom is 0.148 e. The third-order valence-corrected chi connectivity index (χ3v) is 2.47. The molecule has 0 heterocycles. The van der Waals surface area contributed by atoms with Crippen LogP contribution in [0.1, 0.15) is 30.6 Å². The Morgan fingerprint density at radius 2 is 2.21 bits per heavy atom. The van der Waals surface area contributed by atoms with Crippen molar-refractivity contribution in [2.24, 2.45) is 0 Å². The standard InChI is InChI=1S/C11H14ClFO/c1-2-3-8-4-5-9(6-10(8)12)11(13)7-14/h4-6,11,14H,2-3,7H2,1H3. The van der Waals surface area contributed by atoms with Crippen molar-refractivity contribution in [3.63, 3.8) is 0 Å². The Hall–Kier alpha value is -0.600. The van der Waals surface area contributed by atoms with Crippen LogP contribution in [0.2, 0.25) is 5.02 Å². The van der Waals surface area contributed by atoms with Gasteiger partial charge in [0.25, 0.3) is 0 Å². The molecule has 1 aromatic carbocycles. The second kappa shape index (κ2) is 5.32. The van der Waals surface area contributed by atoms with E-state index in [0.717, 1.165) is 18.4 Å². The average Bonchev–Trinajstić information content (AvgIpc) is 2.20. The molecule has 1 rings (SSSR count). The summed E-state index contributed by atoms with van der Waals surface area (Å²) in [6.45, 7) is 1.57. The lowest BCUT2D eigenvalue weighted by Crippen LogP contribution is -1.98. The number of aryl methyl sites for hydroxylation is 1. The van der Waals surface area contributed by atoms with Gasteiger partial charge in [0.2, 0.25) is 0 Å². The van der Waals surface area contributed by atoms with E-state index < -0.39 is 12.8 Å². The number of hydrogen-bond acceptors (Lipinski definition) is 1. The van der Waals surface area contributed by atoms with Gasteiger partial charge in [-0.1, -0.05) is 37.1 Å². The molecule has 1 atom stereocenters. The van der Waals surface area contributed by atoms with Gasteiger partial charge >= 0.3 is 0 Å². The van der Waals surface area contributed by atoms with Gasteiger partial charge in [-0.2, -0.15) is 0 Å². The Morgan fingerprint density at radius 1 is 1.50 bits per heavy atom. The minimum Gasteiger partial charge on any atom is -0.393 e. The molecule has 0 aliphatic rings.